The first-order valence-corrected chi connectivity index (χ1v) is 8.02. The highest BCUT2D eigenvalue weighted by atomic mass is 32.2. The van der Waals surface area contributed by atoms with Crippen molar-refractivity contribution in [2.24, 2.45) is 0 Å². The van der Waals surface area contributed by atoms with Gasteiger partial charge in [0, 0.05) is 28.7 Å². The number of ether oxygens (including phenoxy) is 1. The summed E-state index contributed by atoms with van der Waals surface area (Å²) in [6.07, 6.45) is 2.00. The van der Waals surface area contributed by atoms with Gasteiger partial charge in [-0.05, 0) is 24.3 Å². The molecule has 0 aliphatic carbocycles. The van der Waals surface area contributed by atoms with E-state index in [4.69, 9.17) is 4.74 Å². The molecule has 3 rings (SSSR count). The molecule has 2 heterocycles. The minimum absolute atomic E-state index is 0.0341. The number of methoxy groups -OCH3 is 1. The summed E-state index contributed by atoms with van der Waals surface area (Å²) in [5.74, 6) is 0.922. The van der Waals surface area contributed by atoms with Gasteiger partial charge in [0.15, 0.2) is 0 Å². The average molecular weight is 329 g/mol. The molecule has 2 aromatic rings. The van der Waals surface area contributed by atoms with Crippen LogP contribution in [0, 0.1) is 0 Å². The Bertz CT molecular complexity index is 747. The second-order valence-electron chi connectivity index (χ2n) is 4.90. The quantitative estimate of drug-likeness (QED) is 0.905. The minimum Gasteiger partial charge on any atom is -0.481 e. The van der Waals surface area contributed by atoms with Gasteiger partial charge in [-0.3, -0.25) is 9.59 Å². The van der Waals surface area contributed by atoms with Gasteiger partial charge in [-0.15, -0.1) is 11.8 Å². The molecule has 0 unspecified atom stereocenters. The molecular weight excluding hydrogens is 314 g/mol. The number of hydrogen-bond acceptors (Lipinski definition) is 5. The number of hydrogen-bond donors (Lipinski definition) is 2. The van der Waals surface area contributed by atoms with E-state index >= 15 is 0 Å². The maximum absolute atomic E-state index is 12.3. The molecule has 2 amide bonds. The van der Waals surface area contributed by atoms with Crippen LogP contribution in [0.4, 0.5) is 11.4 Å². The van der Waals surface area contributed by atoms with Gasteiger partial charge < -0.3 is 15.4 Å². The van der Waals surface area contributed by atoms with E-state index in [2.05, 4.69) is 15.6 Å². The van der Waals surface area contributed by atoms with E-state index in [-0.39, 0.29) is 11.8 Å². The number of carbonyl (C=O) groups is 2. The predicted octanol–water partition coefficient (Wildman–Crippen LogP) is 2.78. The third-order valence-electron chi connectivity index (χ3n) is 3.31. The van der Waals surface area contributed by atoms with E-state index in [1.807, 2.05) is 6.07 Å². The molecule has 6 nitrogen and oxygen atoms in total. The third kappa shape index (κ3) is 3.62. The lowest BCUT2D eigenvalue weighted by Gasteiger charge is -2.10. The van der Waals surface area contributed by atoms with Crippen molar-refractivity contribution < 1.29 is 14.3 Å². The summed E-state index contributed by atoms with van der Waals surface area (Å²) in [7, 11) is 1.53. The second kappa shape index (κ2) is 6.70. The van der Waals surface area contributed by atoms with Crippen LogP contribution >= 0.6 is 11.8 Å². The van der Waals surface area contributed by atoms with Crippen molar-refractivity contribution in [2.75, 3.05) is 23.5 Å². The zero-order valence-electron chi connectivity index (χ0n) is 12.5. The number of fused-ring (bicyclic) bond motifs is 1. The van der Waals surface area contributed by atoms with Crippen molar-refractivity contribution in [1.82, 2.24) is 4.98 Å². The normalized spacial score (nSPS) is 13.5. The van der Waals surface area contributed by atoms with Crippen molar-refractivity contribution in [3.05, 3.63) is 42.1 Å². The highest BCUT2D eigenvalue weighted by Crippen LogP contribution is 2.31. The number of rotatable bonds is 3. The number of carbonyl (C=O) groups excluding carboxylic acids is 2. The summed E-state index contributed by atoms with van der Waals surface area (Å²) < 4.78 is 4.98. The maximum atomic E-state index is 12.3. The van der Waals surface area contributed by atoms with Crippen LogP contribution in [-0.2, 0) is 4.79 Å². The van der Waals surface area contributed by atoms with E-state index in [1.54, 1.807) is 36.0 Å². The molecule has 1 aliphatic rings. The standard InChI is InChI=1S/C16H15N3O3S/c1-22-15-5-3-11(9-17-15)18-16(21)10-2-4-13-12(8-10)19-14(20)6-7-23-13/h2-5,8-9H,6-7H2,1H3,(H,18,21)(H,19,20). The van der Waals surface area contributed by atoms with Gasteiger partial charge in [0.2, 0.25) is 11.8 Å². The van der Waals surface area contributed by atoms with Gasteiger partial charge in [-0.1, -0.05) is 0 Å². The SMILES string of the molecule is COc1ccc(NC(=O)c2ccc3c(c2)NC(=O)CCS3)cn1. The molecule has 0 saturated carbocycles. The fraction of sp³-hybridized carbons (Fsp3) is 0.188. The molecule has 2 N–H and O–H groups in total. The number of benzene rings is 1. The van der Waals surface area contributed by atoms with Gasteiger partial charge in [0.1, 0.15) is 0 Å². The largest absolute Gasteiger partial charge is 0.481 e. The lowest BCUT2D eigenvalue weighted by molar-refractivity contribution is -0.115. The third-order valence-corrected chi connectivity index (χ3v) is 4.38. The number of pyridine rings is 1. The molecule has 0 radical (unpaired) electrons. The van der Waals surface area contributed by atoms with Crippen LogP contribution in [0.1, 0.15) is 16.8 Å². The first kappa shape index (κ1) is 15.4. The predicted molar refractivity (Wildman–Crippen MR) is 89.2 cm³/mol. The molecule has 0 bridgehead atoms. The molecule has 118 valence electrons. The van der Waals surface area contributed by atoms with Crippen LogP contribution in [-0.4, -0.2) is 29.7 Å². The van der Waals surface area contributed by atoms with Crippen molar-refractivity contribution in [3.63, 3.8) is 0 Å². The highest BCUT2D eigenvalue weighted by Gasteiger charge is 2.16. The molecule has 0 atom stereocenters. The lowest BCUT2D eigenvalue weighted by atomic mass is 10.1. The molecule has 23 heavy (non-hydrogen) atoms. The molecule has 7 heteroatoms. The smallest absolute Gasteiger partial charge is 0.255 e. The van der Waals surface area contributed by atoms with Crippen LogP contribution in [0.2, 0.25) is 0 Å². The number of aromatic nitrogens is 1. The van der Waals surface area contributed by atoms with Crippen molar-refractivity contribution in [2.45, 2.75) is 11.3 Å². The number of nitrogens with zero attached hydrogens (tertiary/aromatic N) is 1. The second-order valence-corrected chi connectivity index (χ2v) is 6.04. The number of anilines is 2. The summed E-state index contributed by atoms with van der Waals surface area (Å²) in [5.41, 5.74) is 1.73. The topological polar surface area (TPSA) is 80.3 Å². The Morgan fingerprint density at radius 2 is 2.22 bits per heavy atom. The van der Waals surface area contributed by atoms with E-state index < -0.39 is 0 Å². The van der Waals surface area contributed by atoms with Crippen LogP contribution in [0.25, 0.3) is 0 Å². The van der Waals surface area contributed by atoms with Crippen LogP contribution in [0.3, 0.4) is 0 Å². The van der Waals surface area contributed by atoms with Crippen LogP contribution in [0.5, 0.6) is 5.88 Å². The van der Waals surface area contributed by atoms with Gasteiger partial charge in [0.25, 0.3) is 5.91 Å². The fourth-order valence-electron chi connectivity index (χ4n) is 2.14. The zero-order valence-corrected chi connectivity index (χ0v) is 13.3. The van der Waals surface area contributed by atoms with Crippen molar-refractivity contribution >= 4 is 35.0 Å². The Morgan fingerprint density at radius 3 is 2.96 bits per heavy atom. The highest BCUT2D eigenvalue weighted by molar-refractivity contribution is 7.99. The summed E-state index contributed by atoms with van der Waals surface area (Å²) in [4.78, 5) is 29.0. The zero-order chi connectivity index (χ0) is 16.2. The maximum Gasteiger partial charge on any atom is 0.255 e. The van der Waals surface area contributed by atoms with E-state index in [9.17, 15) is 9.59 Å². The van der Waals surface area contributed by atoms with E-state index in [0.29, 0.717) is 29.2 Å². The van der Waals surface area contributed by atoms with Gasteiger partial charge >= 0.3 is 0 Å². The summed E-state index contributed by atoms with van der Waals surface area (Å²) in [6, 6.07) is 8.68. The molecule has 0 spiro atoms. The van der Waals surface area contributed by atoms with Crippen molar-refractivity contribution in [3.8, 4) is 5.88 Å². The fourth-order valence-corrected chi connectivity index (χ4v) is 3.08. The van der Waals surface area contributed by atoms with Crippen LogP contribution < -0.4 is 15.4 Å². The molecule has 0 fully saturated rings. The van der Waals surface area contributed by atoms with E-state index in [0.717, 1.165) is 10.6 Å². The van der Waals surface area contributed by atoms with E-state index in [1.165, 1.54) is 13.3 Å². The Kier molecular flexibility index (Phi) is 4.47. The van der Waals surface area contributed by atoms with Crippen molar-refractivity contribution in [1.29, 1.82) is 0 Å². The minimum atomic E-state index is -0.261. The Morgan fingerprint density at radius 1 is 1.35 bits per heavy atom. The Hall–Kier alpha value is -2.54. The van der Waals surface area contributed by atoms with Gasteiger partial charge in [-0.2, -0.15) is 0 Å². The van der Waals surface area contributed by atoms with Crippen LogP contribution in [0.15, 0.2) is 41.4 Å². The molecule has 0 saturated heterocycles. The summed E-state index contributed by atoms with van der Waals surface area (Å²) >= 11 is 1.60. The summed E-state index contributed by atoms with van der Waals surface area (Å²) in [6.45, 7) is 0. The Labute approximate surface area is 137 Å². The number of amides is 2. The molecule has 1 aromatic carbocycles. The van der Waals surface area contributed by atoms with Gasteiger partial charge in [0.05, 0.1) is 24.7 Å². The van der Waals surface area contributed by atoms with Gasteiger partial charge in [-0.25, -0.2) is 4.98 Å². The molecular formula is C16H15N3O3S. The Balaban J connectivity index is 1.78. The first-order valence-electron chi connectivity index (χ1n) is 7.04. The summed E-state index contributed by atoms with van der Waals surface area (Å²) in [5, 5.41) is 5.59. The average Bonchev–Trinajstić information content (AvgIpc) is 2.75. The number of thioether (sulfide) groups is 1. The number of nitrogens with one attached hydrogen (secondary N) is 2. The lowest BCUT2D eigenvalue weighted by Crippen LogP contribution is -2.14. The molecule has 1 aromatic heterocycles. The first-order chi connectivity index (χ1) is 11.2. The molecule has 1 aliphatic heterocycles. The monoisotopic (exact) mass is 329 g/mol.